The van der Waals surface area contributed by atoms with Crippen molar-refractivity contribution in [3.05, 3.63) is 28.3 Å². The minimum atomic E-state index is -0.623. The third kappa shape index (κ3) is 1.94. The molecule has 0 radical (unpaired) electrons. The van der Waals surface area contributed by atoms with Crippen molar-refractivity contribution in [3.8, 4) is 0 Å². The zero-order valence-electron chi connectivity index (χ0n) is 8.75. The van der Waals surface area contributed by atoms with E-state index in [1.165, 1.54) is 18.2 Å². The summed E-state index contributed by atoms with van der Waals surface area (Å²) in [6, 6.07) is 4.01. The van der Waals surface area contributed by atoms with Gasteiger partial charge in [0.25, 0.3) is 5.69 Å². The molecule has 2 rings (SSSR count). The van der Waals surface area contributed by atoms with Gasteiger partial charge >= 0.3 is 0 Å². The summed E-state index contributed by atoms with van der Waals surface area (Å²) in [5.41, 5.74) is 5.53. The van der Waals surface area contributed by atoms with Gasteiger partial charge in [0.05, 0.1) is 17.9 Å². The Labute approximate surface area is 96.0 Å². The van der Waals surface area contributed by atoms with Gasteiger partial charge in [-0.15, -0.1) is 0 Å². The Bertz CT molecular complexity index is 526. The third-order valence-electron chi connectivity index (χ3n) is 2.47. The van der Waals surface area contributed by atoms with Gasteiger partial charge in [-0.25, -0.2) is 0 Å². The summed E-state index contributed by atoms with van der Waals surface area (Å²) >= 11 is 0. The highest BCUT2D eigenvalue weighted by atomic mass is 16.6. The van der Waals surface area contributed by atoms with Gasteiger partial charge in [0.2, 0.25) is 5.91 Å². The highest BCUT2D eigenvalue weighted by molar-refractivity contribution is 6.15. The van der Waals surface area contributed by atoms with Crippen LogP contribution in [-0.4, -0.2) is 23.2 Å². The van der Waals surface area contributed by atoms with E-state index in [-0.39, 0.29) is 35.8 Å². The first-order valence-corrected chi connectivity index (χ1v) is 4.85. The second kappa shape index (κ2) is 3.85. The Hall–Kier alpha value is -2.44. The number of carbonyl (C=O) groups is 2. The molecule has 88 valence electrons. The predicted molar refractivity (Wildman–Crippen MR) is 59.5 cm³/mol. The molecule has 0 unspecified atom stereocenters. The summed E-state index contributed by atoms with van der Waals surface area (Å²) in [7, 11) is 0. The van der Waals surface area contributed by atoms with Crippen LogP contribution in [0.15, 0.2) is 18.2 Å². The summed E-state index contributed by atoms with van der Waals surface area (Å²) in [6.07, 6.45) is -0.207. The molecule has 1 fully saturated rings. The fraction of sp³-hybridized carbons (Fsp3) is 0.200. The molecule has 0 atom stereocenters. The number of nitrogens with two attached hydrogens (primary N) is 1. The van der Waals surface area contributed by atoms with Crippen molar-refractivity contribution in [1.82, 2.24) is 0 Å². The number of nitrogens with zero attached hydrogens (tertiary/aromatic N) is 2. The Morgan fingerprint density at radius 2 is 2.06 bits per heavy atom. The standard InChI is InChI=1S/C10H9N3O4/c11-6-1-2-8(9(3-6)13(16)17)12-5-7(14)4-10(12)15/h1-3H,4-5,11H2. The minimum Gasteiger partial charge on any atom is -0.399 e. The lowest BCUT2D eigenvalue weighted by Gasteiger charge is -2.14. The number of hydrogen-bond acceptors (Lipinski definition) is 5. The largest absolute Gasteiger partial charge is 0.399 e. The first-order chi connectivity index (χ1) is 7.99. The molecule has 0 aliphatic carbocycles. The summed E-state index contributed by atoms with van der Waals surface area (Å²) in [4.78, 5) is 34.0. The van der Waals surface area contributed by atoms with Gasteiger partial charge in [0, 0.05) is 11.8 Å². The van der Waals surface area contributed by atoms with Crippen molar-refractivity contribution in [3.63, 3.8) is 0 Å². The smallest absolute Gasteiger partial charge is 0.295 e. The van der Waals surface area contributed by atoms with Crippen LogP contribution in [0.1, 0.15) is 6.42 Å². The second-order valence-electron chi connectivity index (χ2n) is 3.70. The van der Waals surface area contributed by atoms with Crippen LogP contribution >= 0.6 is 0 Å². The molecule has 2 N–H and O–H groups in total. The molecular formula is C10H9N3O4. The molecular weight excluding hydrogens is 226 g/mol. The second-order valence-corrected chi connectivity index (χ2v) is 3.70. The molecule has 1 aromatic rings. The predicted octanol–water partition coefficient (Wildman–Crippen LogP) is 0.483. The lowest BCUT2D eigenvalue weighted by molar-refractivity contribution is -0.384. The van der Waals surface area contributed by atoms with Gasteiger partial charge in [-0.2, -0.15) is 0 Å². The van der Waals surface area contributed by atoms with Crippen LogP contribution in [0.5, 0.6) is 0 Å². The van der Waals surface area contributed by atoms with Crippen LogP contribution < -0.4 is 10.6 Å². The first kappa shape index (κ1) is 11.1. The number of Topliss-reactive ketones (excluding diaryl/α,β-unsaturated/α-hetero) is 1. The Morgan fingerprint density at radius 3 is 2.59 bits per heavy atom. The van der Waals surface area contributed by atoms with Gasteiger partial charge in [0.1, 0.15) is 5.69 Å². The zero-order chi connectivity index (χ0) is 12.6. The summed E-state index contributed by atoms with van der Waals surface area (Å²) in [5.74, 6) is -0.677. The van der Waals surface area contributed by atoms with Crippen molar-refractivity contribution in [2.24, 2.45) is 0 Å². The fourth-order valence-corrected chi connectivity index (χ4v) is 1.72. The summed E-state index contributed by atoms with van der Waals surface area (Å²) < 4.78 is 0. The van der Waals surface area contributed by atoms with E-state index in [1.54, 1.807) is 0 Å². The topological polar surface area (TPSA) is 107 Å². The monoisotopic (exact) mass is 235 g/mol. The van der Waals surface area contributed by atoms with Crippen molar-refractivity contribution in [2.75, 3.05) is 17.2 Å². The molecule has 1 aliphatic rings. The van der Waals surface area contributed by atoms with E-state index < -0.39 is 10.8 Å². The maximum atomic E-state index is 11.5. The molecule has 0 bridgehead atoms. The van der Waals surface area contributed by atoms with Crippen molar-refractivity contribution < 1.29 is 14.5 Å². The average molecular weight is 235 g/mol. The Kier molecular flexibility index (Phi) is 2.51. The Morgan fingerprint density at radius 1 is 1.35 bits per heavy atom. The van der Waals surface area contributed by atoms with Crippen molar-refractivity contribution in [2.45, 2.75) is 6.42 Å². The first-order valence-electron chi connectivity index (χ1n) is 4.85. The van der Waals surface area contributed by atoms with Crippen LogP contribution in [0.4, 0.5) is 17.1 Å². The van der Waals surface area contributed by atoms with Crippen LogP contribution in [0.3, 0.4) is 0 Å². The van der Waals surface area contributed by atoms with Crippen LogP contribution in [0.25, 0.3) is 0 Å². The maximum Gasteiger partial charge on any atom is 0.295 e. The van der Waals surface area contributed by atoms with Gasteiger partial charge in [0.15, 0.2) is 5.78 Å². The molecule has 1 heterocycles. The summed E-state index contributed by atoms with van der Waals surface area (Å²) in [5, 5.41) is 10.8. The highest BCUT2D eigenvalue weighted by Crippen LogP contribution is 2.32. The number of rotatable bonds is 2. The molecule has 0 saturated carbocycles. The molecule has 17 heavy (non-hydrogen) atoms. The lowest BCUT2D eigenvalue weighted by Crippen LogP contribution is -2.25. The Balaban J connectivity index is 2.48. The average Bonchev–Trinajstić information content (AvgIpc) is 2.57. The van der Waals surface area contributed by atoms with Gasteiger partial charge in [-0.1, -0.05) is 0 Å². The summed E-state index contributed by atoms with van der Waals surface area (Å²) in [6.45, 7) is -0.121. The number of hydrogen-bond donors (Lipinski definition) is 1. The van der Waals surface area contributed by atoms with E-state index in [0.29, 0.717) is 0 Å². The molecule has 1 aromatic carbocycles. The number of carbonyl (C=O) groups excluding carboxylic acids is 2. The fourth-order valence-electron chi connectivity index (χ4n) is 1.72. The van der Waals surface area contributed by atoms with Gasteiger partial charge < -0.3 is 5.73 Å². The van der Waals surface area contributed by atoms with E-state index in [1.807, 2.05) is 0 Å². The van der Waals surface area contributed by atoms with Crippen LogP contribution in [-0.2, 0) is 9.59 Å². The number of amides is 1. The number of anilines is 2. The van der Waals surface area contributed by atoms with Crippen LogP contribution in [0, 0.1) is 10.1 Å². The molecule has 7 nitrogen and oxygen atoms in total. The maximum absolute atomic E-state index is 11.5. The lowest BCUT2D eigenvalue weighted by atomic mass is 10.2. The third-order valence-corrected chi connectivity index (χ3v) is 2.47. The molecule has 0 aromatic heterocycles. The molecule has 1 amide bonds. The molecule has 1 saturated heterocycles. The quantitative estimate of drug-likeness (QED) is 0.347. The van der Waals surface area contributed by atoms with Crippen molar-refractivity contribution >= 4 is 28.8 Å². The van der Waals surface area contributed by atoms with E-state index in [0.717, 1.165) is 4.90 Å². The molecule has 1 aliphatic heterocycles. The van der Waals surface area contributed by atoms with E-state index in [2.05, 4.69) is 0 Å². The number of ketones is 1. The number of nitro benzene ring substituents is 1. The van der Waals surface area contributed by atoms with Crippen molar-refractivity contribution in [1.29, 1.82) is 0 Å². The van der Waals surface area contributed by atoms with Gasteiger partial charge in [-0.3, -0.25) is 24.6 Å². The number of benzene rings is 1. The molecule has 0 spiro atoms. The number of nitrogen functional groups attached to an aromatic ring is 1. The normalized spacial score (nSPS) is 15.4. The minimum absolute atomic E-state index is 0.111. The molecule has 7 heteroatoms. The van der Waals surface area contributed by atoms with E-state index >= 15 is 0 Å². The van der Waals surface area contributed by atoms with E-state index in [9.17, 15) is 19.7 Å². The van der Waals surface area contributed by atoms with Gasteiger partial charge in [-0.05, 0) is 12.1 Å². The number of nitro groups is 1. The van der Waals surface area contributed by atoms with E-state index in [4.69, 9.17) is 5.73 Å². The zero-order valence-corrected chi connectivity index (χ0v) is 8.75. The van der Waals surface area contributed by atoms with Crippen LogP contribution in [0.2, 0.25) is 0 Å². The SMILES string of the molecule is Nc1ccc(N2CC(=O)CC2=O)c([N+](=O)[O-])c1. The highest BCUT2D eigenvalue weighted by Gasteiger charge is 2.32.